The highest BCUT2D eigenvalue weighted by molar-refractivity contribution is 7.99. The number of likely N-dealkylation sites (N-methyl/N-ethyl adjacent to an activating group) is 1. The van der Waals surface area contributed by atoms with Gasteiger partial charge in [0.2, 0.25) is 0 Å². The molecule has 2 rings (SSSR count). The molecule has 4 heteroatoms. The van der Waals surface area contributed by atoms with Crippen LogP contribution in [0.1, 0.15) is 18.1 Å². The van der Waals surface area contributed by atoms with E-state index >= 15 is 0 Å². The van der Waals surface area contributed by atoms with E-state index in [0.717, 1.165) is 23.5 Å². The van der Waals surface area contributed by atoms with Gasteiger partial charge < -0.3 is 15.2 Å². The Morgan fingerprint density at radius 1 is 1.59 bits per heavy atom. The molecular formula is C13H19NO2S. The zero-order valence-electron chi connectivity index (χ0n) is 10.1. The third-order valence-corrected chi connectivity index (χ3v) is 3.96. The normalized spacial score (nSPS) is 21.4. The summed E-state index contributed by atoms with van der Waals surface area (Å²) in [6, 6.07) is 7.76. The zero-order valence-corrected chi connectivity index (χ0v) is 10.9. The molecule has 1 aliphatic heterocycles. The molecule has 1 saturated heterocycles. The lowest BCUT2D eigenvalue weighted by Gasteiger charge is -2.15. The van der Waals surface area contributed by atoms with E-state index < -0.39 is 6.10 Å². The smallest absolute Gasteiger partial charge is 0.120 e. The van der Waals surface area contributed by atoms with E-state index in [0.29, 0.717) is 12.6 Å². The Kier molecular flexibility index (Phi) is 4.71. The maximum atomic E-state index is 9.88. The molecule has 1 aromatic rings. The van der Waals surface area contributed by atoms with Crippen molar-refractivity contribution in [3.05, 3.63) is 29.8 Å². The molecule has 94 valence electrons. The Balaban J connectivity index is 2.00. The van der Waals surface area contributed by atoms with Crippen molar-refractivity contribution in [2.75, 3.05) is 25.1 Å². The van der Waals surface area contributed by atoms with Gasteiger partial charge in [0, 0.05) is 12.3 Å². The quantitative estimate of drug-likeness (QED) is 0.840. The highest BCUT2D eigenvalue weighted by atomic mass is 32.2. The third-order valence-electron chi connectivity index (χ3n) is 2.83. The van der Waals surface area contributed by atoms with Gasteiger partial charge in [-0.05, 0) is 36.9 Å². The van der Waals surface area contributed by atoms with Gasteiger partial charge in [0.15, 0.2) is 0 Å². The van der Waals surface area contributed by atoms with Gasteiger partial charge in [-0.1, -0.05) is 12.1 Å². The van der Waals surface area contributed by atoms with Crippen LogP contribution in [0.3, 0.4) is 0 Å². The average molecular weight is 253 g/mol. The minimum atomic E-state index is -0.471. The van der Waals surface area contributed by atoms with Gasteiger partial charge in [-0.3, -0.25) is 0 Å². The summed E-state index contributed by atoms with van der Waals surface area (Å²) in [5.41, 5.74) is 0.905. The van der Waals surface area contributed by atoms with Gasteiger partial charge in [0.25, 0.3) is 0 Å². The summed E-state index contributed by atoms with van der Waals surface area (Å²) < 4.78 is 5.89. The Morgan fingerprint density at radius 2 is 2.47 bits per heavy atom. The molecule has 2 atom stereocenters. The molecule has 0 aromatic heterocycles. The van der Waals surface area contributed by atoms with Crippen molar-refractivity contribution in [1.82, 2.24) is 5.32 Å². The first-order chi connectivity index (χ1) is 8.29. The number of hydrogen-bond acceptors (Lipinski definition) is 4. The minimum absolute atomic E-state index is 0.330. The fourth-order valence-corrected chi connectivity index (χ4v) is 3.00. The van der Waals surface area contributed by atoms with Crippen LogP contribution in [-0.2, 0) is 0 Å². The molecule has 0 radical (unpaired) electrons. The van der Waals surface area contributed by atoms with Crippen LogP contribution in [0.15, 0.2) is 24.3 Å². The lowest BCUT2D eigenvalue weighted by atomic mass is 10.1. The fourth-order valence-electron chi connectivity index (χ4n) is 1.90. The monoisotopic (exact) mass is 253 g/mol. The van der Waals surface area contributed by atoms with E-state index in [1.807, 2.05) is 43.1 Å². The lowest BCUT2D eigenvalue weighted by molar-refractivity contribution is 0.176. The van der Waals surface area contributed by atoms with Crippen LogP contribution in [0.25, 0.3) is 0 Å². The Morgan fingerprint density at radius 3 is 3.18 bits per heavy atom. The first-order valence-corrected chi connectivity index (χ1v) is 7.12. The Bertz CT molecular complexity index is 353. The Labute approximate surface area is 107 Å². The van der Waals surface area contributed by atoms with Gasteiger partial charge in [-0.15, -0.1) is 0 Å². The average Bonchev–Trinajstić information content (AvgIpc) is 2.82. The molecule has 3 nitrogen and oxygen atoms in total. The fraction of sp³-hybridized carbons (Fsp3) is 0.538. The minimum Gasteiger partial charge on any atom is -0.490 e. The van der Waals surface area contributed by atoms with E-state index in [1.54, 1.807) is 0 Å². The van der Waals surface area contributed by atoms with Crippen molar-refractivity contribution in [1.29, 1.82) is 0 Å². The number of aliphatic hydroxyl groups excluding tert-OH is 1. The molecule has 1 fully saturated rings. The van der Waals surface area contributed by atoms with Crippen molar-refractivity contribution in [3.8, 4) is 5.75 Å². The molecule has 2 N–H and O–H groups in total. The maximum absolute atomic E-state index is 9.88. The second-order valence-corrected chi connectivity index (χ2v) is 5.40. The molecule has 17 heavy (non-hydrogen) atoms. The number of nitrogens with one attached hydrogen (secondary N) is 1. The first kappa shape index (κ1) is 12.7. The summed E-state index contributed by atoms with van der Waals surface area (Å²) in [4.78, 5) is 0. The molecule has 1 heterocycles. The highest BCUT2D eigenvalue weighted by Crippen LogP contribution is 2.25. The van der Waals surface area contributed by atoms with Gasteiger partial charge in [-0.25, -0.2) is 0 Å². The van der Waals surface area contributed by atoms with Gasteiger partial charge in [-0.2, -0.15) is 11.8 Å². The molecule has 2 unspecified atom stereocenters. The predicted octanol–water partition coefficient (Wildman–Crippen LogP) is 1.82. The van der Waals surface area contributed by atoms with Crippen LogP contribution in [0.5, 0.6) is 5.75 Å². The van der Waals surface area contributed by atoms with Crippen LogP contribution in [0.4, 0.5) is 0 Å². The summed E-state index contributed by atoms with van der Waals surface area (Å²) >= 11 is 1.94. The molecule has 1 aromatic carbocycles. The summed E-state index contributed by atoms with van der Waals surface area (Å²) in [5.74, 6) is 3.13. The maximum Gasteiger partial charge on any atom is 0.120 e. The van der Waals surface area contributed by atoms with Crippen LogP contribution < -0.4 is 10.1 Å². The van der Waals surface area contributed by atoms with Crippen LogP contribution in [0, 0.1) is 0 Å². The topological polar surface area (TPSA) is 41.5 Å². The van der Waals surface area contributed by atoms with Crippen LogP contribution in [-0.4, -0.2) is 36.3 Å². The summed E-state index contributed by atoms with van der Waals surface area (Å²) in [6.07, 6.45) is 0.978. The van der Waals surface area contributed by atoms with Crippen LogP contribution >= 0.6 is 11.8 Å². The number of benzene rings is 1. The van der Waals surface area contributed by atoms with E-state index in [4.69, 9.17) is 4.74 Å². The number of aliphatic hydroxyl groups is 1. The second kappa shape index (κ2) is 6.28. The number of rotatable bonds is 5. The largest absolute Gasteiger partial charge is 0.490 e. The number of ether oxygens (including phenoxy) is 1. The van der Waals surface area contributed by atoms with Gasteiger partial charge >= 0.3 is 0 Å². The van der Waals surface area contributed by atoms with Gasteiger partial charge in [0.05, 0.1) is 6.10 Å². The molecule has 0 spiro atoms. The molecule has 0 amide bonds. The summed E-state index contributed by atoms with van der Waals surface area (Å²) in [7, 11) is 1.83. The standard InChI is InChI=1S/C13H19NO2S/c1-14-8-13(15)10-3-2-4-11(7-10)16-12-5-6-17-9-12/h2-4,7,12-15H,5-6,8-9H2,1H3. The summed E-state index contributed by atoms with van der Waals surface area (Å²) in [5, 5.41) is 12.8. The molecule has 0 aliphatic carbocycles. The Hall–Kier alpha value is -0.710. The molecule has 0 bridgehead atoms. The zero-order chi connectivity index (χ0) is 12.1. The number of hydrogen-bond donors (Lipinski definition) is 2. The molecule has 1 aliphatic rings. The van der Waals surface area contributed by atoms with E-state index in [9.17, 15) is 5.11 Å². The van der Waals surface area contributed by atoms with E-state index in [2.05, 4.69) is 5.32 Å². The van der Waals surface area contributed by atoms with Crippen molar-refractivity contribution >= 4 is 11.8 Å². The highest BCUT2D eigenvalue weighted by Gasteiger charge is 2.17. The van der Waals surface area contributed by atoms with Crippen molar-refractivity contribution in [2.45, 2.75) is 18.6 Å². The third kappa shape index (κ3) is 3.63. The van der Waals surface area contributed by atoms with E-state index in [1.165, 1.54) is 5.75 Å². The first-order valence-electron chi connectivity index (χ1n) is 5.96. The van der Waals surface area contributed by atoms with Crippen molar-refractivity contribution in [2.24, 2.45) is 0 Å². The SMILES string of the molecule is CNCC(O)c1cccc(OC2CCSC2)c1. The number of thioether (sulfide) groups is 1. The van der Waals surface area contributed by atoms with Crippen molar-refractivity contribution < 1.29 is 9.84 Å². The molecule has 0 saturated carbocycles. The van der Waals surface area contributed by atoms with Crippen molar-refractivity contribution in [3.63, 3.8) is 0 Å². The van der Waals surface area contributed by atoms with Crippen LogP contribution in [0.2, 0.25) is 0 Å². The predicted molar refractivity (Wildman–Crippen MR) is 71.7 cm³/mol. The second-order valence-electron chi connectivity index (χ2n) is 4.25. The van der Waals surface area contributed by atoms with Gasteiger partial charge in [0.1, 0.15) is 11.9 Å². The van der Waals surface area contributed by atoms with E-state index in [-0.39, 0.29) is 0 Å². The molecular weight excluding hydrogens is 234 g/mol. The summed E-state index contributed by atoms with van der Waals surface area (Å²) in [6.45, 7) is 0.558. The lowest BCUT2D eigenvalue weighted by Crippen LogP contribution is -2.17.